The highest BCUT2D eigenvalue weighted by Crippen LogP contribution is 2.33. The van der Waals surface area contributed by atoms with Crippen LogP contribution in [0, 0.1) is 0 Å². The molecule has 0 spiro atoms. The lowest BCUT2D eigenvalue weighted by Gasteiger charge is -2.05. The number of anilines is 1. The van der Waals surface area contributed by atoms with Crippen LogP contribution in [-0.4, -0.2) is 6.79 Å². The van der Waals surface area contributed by atoms with Crippen LogP contribution >= 0.6 is 0 Å². The van der Waals surface area contributed by atoms with Gasteiger partial charge in [-0.2, -0.15) is 0 Å². The summed E-state index contributed by atoms with van der Waals surface area (Å²) in [6.07, 6.45) is 1.97. The molecule has 2 heterocycles. The highest BCUT2D eigenvalue weighted by atomic mass is 16.7. The van der Waals surface area contributed by atoms with Gasteiger partial charge in [0.25, 0.3) is 0 Å². The Morgan fingerprint density at radius 1 is 1.05 bits per heavy atom. The molecule has 4 rings (SSSR count). The maximum absolute atomic E-state index is 12.5. The molecule has 2 aromatic carbocycles. The van der Waals surface area contributed by atoms with Gasteiger partial charge < -0.3 is 19.6 Å². The van der Waals surface area contributed by atoms with E-state index in [2.05, 4.69) is 0 Å². The standard InChI is InChI=1S/C17H13NO4/c18-12-2-4-14-13(7-12)17(19)11(8-20-14)5-10-1-3-15-16(6-10)22-9-21-15/h1-4,6-8H,5,9,18H2. The second-order valence-corrected chi connectivity index (χ2v) is 5.21. The normalized spacial score (nSPS) is 12.7. The van der Waals surface area contributed by atoms with Gasteiger partial charge in [0.05, 0.1) is 11.6 Å². The summed E-state index contributed by atoms with van der Waals surface area (Å²) in [6.45, 7) is 0.232. The molecule has 0 radical (unpaired) electrons. The quantitative estimate of drug-likeness (QED) is 0.736. The molecule has 0 fully saturated rings. The van der Waals surface area contributed by atoms with Gasteiger partial charge >= 0.3 is 0 Å². The van der Waals surface area contributed by atoms with Gasteiger partial charge in [-0.15, -0.1) is 0 Å². The van der Waals surface area contributed by atoms with E-state index in [1.54, 1.807) is 18.2 Å². The van der Waals surface area contributed by atoms with E-state index in [9.17, 15) is 4.79 Å². The zero-order chi connectivity index (χ0) is 15.1. The molecule has 1 aliphatic heterocycles. The fraction of sp³-hybridized carbons (Fsp3) is 0.118. The second kappa shape index (κ2) is 4.80. The summed E-state index contributed by atoms with van der Waals surface area (Å²) in [4.78, 5) is 12.5. The Morgan fingerprint density at radius 3 is 2.82 bits per heavy atom. The third-order valence-corrected chi connectivity index (χ3v) is 3.70. The van der Waals surface area contributed by atoms with Gasteiger partial charge in [-0.25, -0.2) is 0 Å². The van der Waals surface area contributed by atoms with E-state index in [4.69, 9.17) is 19.6 Å². The molecule has 0 saturated carbocycles. The summed E-state index contributed by atoms with van der Waals surface area (Å²) in [6, 6.07) is 10.7. The minimum absolute atomic E-state index is 0.0637. The molecule has 0 bridgehead atoms. The smallest absolute Gasteiger partial charge is 0.231 e. The van der Waals surface area contributed by atoms with Crippen molar-refractivity contribution < 1.29 is 13.9 Å². The minimum Gasteiger partial charge on any atom is -0.464 e. The fourth-order valence-electron chi connectivity index (χ4n) is 2.58. The highest BCUT2D eigenvalue weighted by molar-refractivity contribution is 5.80. The van der Waals surface area contributed by atoms with Crippen LogP contribution in [0.1, 0.15) is 11.1 Å². The number of hydrogen-bond donors (Lipinski definition) is 1. The SMILES string of the molecule is Nc1ccc2occ(Cc3ccc4c(c3)OCO4)c(=O)c2c1. The molecule has 0 aliphatic carbocycles. The van der Waals surface area contributed by atoms with Crippen molar-refractivity contribution >= 4 is 16.7 Å². The van der Waals surface area contributed by atoms with Crippen LogP contribution in [0.3, 0.4) is 0 Å². The molecule has 0 amide bonds. The van der Waals surface area contributed by atoms with Crippen LogP contribution in [-0.2, 0) is 6.42 Å². The summed E-state index contributed by atoms with van der Waals surface area (Å²) in [5.74, 6) is 1.42. The summed E-state index contributed by atoms with van der Waals surface area (Å²) in [5, 5.41) is 0.498. The summed E-state index contributed by atoms with van der Waals surface area (Å²) in [5.41, 5.74) is 8.30. The Bertz CT molecular complexity index is 930. The summed E-state index contributed by atoms with van der Waals surface area (Å²) < 4.78 is 16.2. The Kier molecular flexibility index (Phi) is 2.79. The fourth-order valence-corrected chi connectivity index (χ4v) is 2.58. The number of hydrogen-bond acceptors (Lipinski definition) is 5. The first kappa shape index (κ1) is 12.8. The van der Waals surface area contributed by atoms with Crippen molar-refractivity contribution in [3.63, 3.8) is 0 Å². The summed E-state index contributed by atoms with van der Waals surface area (Å²) >= 11 is 0. The molecule has 0 unspecified atom stereocenters. The van der Waals surface area contributed by atoms with E-state index in [-0.39, 0.29) is 12.2 Å². The lowest BCUT2D eigenvalue weighted by Crippen LogP contribution is -2.09. The molecule has 5 nitrogen and oxygen atoms in total. The summed E-state index contributed by atoms with van der Waals surface area (Å²) in [7, 11) is 0. The van der Waals surface area contributed by atoms with Gasteiger partial charge in [0.2, 0.25) is 6.79 Å². The van der Waals surface area contributed by atoms with Crippen LogP contribution in [0.4, 0.5) is 5.69 Å². The number of nitrogens with two attached hydrogens (primary N) is 1. The molecule has 110 valence electrons. The van der Waals surface area contributed by atoms with E-state index >= 15 is 0 Å². The van der Waals surface area contributed by atoms with Crippen LogP contribution in [0.5, 0.6) is 11.5 Å². The molecule has 3 aromatic rings. The van der Waals surface area contributed by atoms with Crippen molar-refractivity contribution in [2.45, 2.75) is 6.42 Å². The maximum atomic E-state index is 12.5. The van der Waals surface area contributed by atoms with E-state index in [0.29, 0.717) is 34.4 Å². The Morgan fingerprint density at radius 2 is 1.91 bits per heavy atom. The number of nitrogen functional groups attached to an aromatic ring is 1. The van der Waals surface area contributed by atoms with E-state index in [1.165, 1.54) is 6.26 Å². The highest BCUT2D eigenvalue weighted by Gasteiger charge is 2.14. The van der Waals surface area contributed by atoms with E-state index in [1.807, 2.05) is 18.2 Å². The molecule has 1 aliphatic rings. The van der Waals surface area contributed by atoms with Crippen LogP contribution in [0.15, 0.2) is 51.9 Å². The Labute approximate surface area is 125 Å². The average molecular weight is 295 g/mol. The molecule has 22 heavy (non-hydrogen) atoms. The number of ether oxygens (including phenoxy) is 2. The molecule has 2 N–H and O–H groups in total. The van der Waals surface area contributed by atoms with E-state index < -0.39 is 0 Å². The second-order valence-electron chi connectivity index (χ2n) is 5.21. The number of fused-ring (bicyclic) bond motifs is 2. The van der Waals surface area contributed by atoms with Gasteiger partial charge in [-0.1, -0.05) is 6.07 Å². The molecule has 0 saturated heterocycles. The van der Waals surface area contributed by atoms with Gasteiger partial charge in [0.15, 0.2) is 16.9 Å². The topological polar surface area (TPSA) is 74.7 Å². The maximum Gasteiger partial charge on any atom is 0.231 e. The van der Waals surface area contributed by atoms with Gasteiger partial charge in [0, 0.05) is 17.7 Å². The zero-order valence-electron chi connectivity index (χ0n) is 11.7. The first-order valence-corrected chi connectivity index (χ1v) is 6.89. The van der Waals surface area contributed by atoms with Gasteiger partial charge in [0.1, 0.15) is 5.58 Å². The van der Waals surface area contributed by atoms with Crippen molar-refractivity contribution in [3.8, 4) is 11.5 Å². The lowest BCUT2D eigenvalue weighted by atomic mass is 10.0. The van der Waals surface area contributed by atoms with Crippen molar-refractivity contribution in [2.24, 2.45) is 0 Å². The average Bonchev–Trinajstić information content (AvgIpc) is 2.98. The van der Waals surface area contributed by atoms with Crippen molar-refractivity contribution in [3.05, 3.63) is 64.0 Å². The van der Waals surface area contributed by atoms with Crippen LogP contribution in [0.25, 0.3) is 11.0 Å². The first-order chi connectivity index (χ1) is 10.7. The third kappa shape index (κ3) is 2.07. The number of rotatable bonds is 2. The first-order valence-electron chi connectivity index (χ1n) is 6.89. The van der Waals surface area contributed by atoms with Crippen LogP contribution in [0.2, 0.25) is 0 Å². The predicted octanol–water partition coefficient (Wildman–Crippen LogP) is 2.69. The lowest BCUT2D eigenvalue weighted by molar-refractivity contribution is 0.174. The molecule has 1 aromatic heterocycles. The third-order valence-electron chi connectivity index (χ3n) is 3.70. The molecular formula is C17H13NO4. The Balaban J connectivity index is 1.75. The number of benzene rings is 2. The van der Waals surface area contributed by atoms with Crippen molar-refractivity contribution in [2.75, 3.05) is 12.5 Å². The molecule has 0 atom stereocenters. The minimum atomic E-state index is -0.0637. The van der Waals surface area contributed by atoms with Crippen LogP contribution < -0.4 is 20.6 Å². The van der Waals surface area contributed by atoms with Gasteiger partial charge in [-0.3, -0.25) is 4.79 Å². The predicted molar refractivity (Wildman–Crippen MR) is 82.3 cm³/mol. The molecular weight excluding hydrogens is 282 g/mol. The van der Waals surface area contributed by atoms with Crippen molar-refractivity contribution in [1.29, 1.82) is 0 Å². The monoisotopic (exact) mass is 295 g/mol. The molecule has 5 heteroatoms. The van der Waals surface area contributed by atoms with Gasteiger partial charge in [-0.05, 0) is 35.9 Å². The van der Waals surface area contributed by atoms with E-state index in [0.717, 1.165) is 11.3 Å². The largest absolute Gasteiger partial charge is 0.464 e. The van der Waals surface area contributed by atoms with Crippen molar-refractivity contribution in [1.82, 2.24) is 0 Å². The zero-order valence-corrected chi connectivity index (χ0v) is 11.7. The Hall–Kier alpha value is -2.95.